The predicted octanol–water partition coefficient (Wildman–Crippen LogP) is 7.07. The standard InChI is InChI=1S/C44H54N8O7/c1-9-11-15-52(42(54)40(26(5)6)50-44(56)58-8)23-36-45-20-32(47-36)29-16-27-12-13-28-17-30(19-34-38(28)37(27)31(18-29)24-59-34)33-21-46-35(48-33)22-51(14-10-2)41(53)39(25(3)4)49-43(55)57-7/h9,12-13,16-21,25-26,39-40H,1,10-11,14-15,22-24H2,2-8H3,(H,45,47)(H,46,48)(H,49,55)(H,50,56)/t39-,40-/m0/s1. The van der Waals surface area contributed by atoms with Crippen LogP contribution in [0.2, 0.25) is 0 Å². The van der Waals surface area contributed by atoms with Gasteiger partial charge in [0.1, 0.15) is 36.1 Å². The predicted molar refractivity (Wildman–Crippen MR) is 225 cm³/mol. The van der Waals surface area contributed by atoms with Crippen LogP contribution in [0.5, 0.6) is 5.75 Å². The number of hydrogen-bond donors (Lipinski definition) is 4. The second kappa shape index (κ2) is 18.5. The molecule has 0 spiro atoms. The van der Waals surface area contributed by atoms with Crippen LogP contribution in [-0.2, 0) is 38.8 Å². The fourth-order valence-electron chi connectivity index (χ4n) is 7.46. The molecule has 3 heterocycles. The first-order chi connectivity index (χ1) is 28.3. The van der Waals surface area contributed by atoms with Gasteiger partial charge in [-0.3, -0.25) is 9.59 Å². The molecule has 0 radical (unpaired) electrons. The molecular formula is C44H54N8O7. The van der Waals surface area contributed by atoms with Crippen molar-refractivity contribution in [2.24, 2.45) is 11.8 Å². The molecule has 312 valence electrons. The van der Waals surface area contributed by atoms with E-state index >= 15 is 0 Å². The van der Waals surface area contributed by atoms with Crippen molar-refractivity contribution >= 4 is 45.5 Å². The number of rotatable bonds is 17. The van der Waals surface area contributed by atoms with Gasteiger partial charge in [0.2, 0.25) is 11.8 Å². The van der Waals surface area contributed by atoms with Crippen molar-refractivity contribution in [2.45, 2.75) is 79.2 Å². The normalized spacial score (nSPS) is 13.0. The minimum absolute atomic E-state index is 0.139. The van der Waals surface area contributed by atoms with Crippen molar-refractivity contribution in [3.05, 3.63) is 78.7 Å². The number of imidazole rings is 2. The molecule has 5 aromatic rings. The molecular weight excluding hydrogens is 753 g/mol. The molecule has 6 rings (SSSR count). The molecule has 0 saturated heterocycles. The molecule has 2 aromatic heterocycles. The Balaban J connectivity index is 1.23. The average molecular weight is 807 g/mol. The number of nitrogens with zero attached hydrogens (tertiary/aromatic N) is 4. The van der Waals surface area contributed by atoms with Crippen molar-refractivity contribution in [2.75, 3.05) is 27.3 Å². The van der Waals surface area contributed by atoms with Crippen LogP contribution in [0.4, 0.5) is 9.59 Å². The highest BCUT2D eigenvalue weighted by Crippen LogP contribution is 2.43. The molecule has 0 aliphatic carbocycles. The Morgan fingerprint density at radius 3 is 1.80 bits per heavy atom. The molecule has 59 heavy (non-hydrogen) atoms. The number of methoxy groups -OCH3 is 2. The molecule has 15 nitrogen and oxygen atoms in total. The van der Waals surface area contributed by atoms with Crippen molar-refractivity contribution in [1.82, 2.24) is 40.4 Å². The van der Waals surface area contributed by atoms with Gasteiger partial charge in [-0.1, -0.05) is 52.8 Å². The lowest BCUT2D eigenvalue weighted by Crippen LogP contribution is -2.51. The van der Waals surface area contributed by atoms with E-state index in [9.17, 15) is 19.2 Å². The summed E-state index contributed by atoms with van der Waals surface area (Å²) in [7, 11) is 2.55. The monoisotopic (exact) mass is 806 g/mol. The summed E-state index contributed by atoms with van der Waals surface area (Å²) < 4.78 is 15.9. The van der Waals surface area contributed by atoms with E-state index in [1.54, 1.807) is 28.3 Å². The van der Waals surface area contributed by atoms with Crippen LogP contribution >= 0.6 is 0 Å². The van der Waals surface area contributed by atoms with Crippen molar-refractivity contribution < 1.29 is 33.4 Å². The summed E-state index contributed by atoms with van der Waals surface area (Å²) >= 11 is 0. The molecule has 15 heteroatoms. The van der Waals surface area contributed by atoms with Gasteiger partial charge < -0.3 is 44.6 Å². The lowest BCUT2D eigenvalue weighted by Gasteiger charge is -2.28. The maximum Gasteiger partial charge on any atom is 0.407 e. The summed E-state index contributed by atoms with van der Waals surface area (Å²) in [5.74, 6) is 1.28. The topological polar surface area (TPSA) is 184 Å². The second-order valence-electron chi connectivity index (χ2n) is 15.5. The third-order valence-corrected chi connectivity index (χ3v) is 10.5. The molecule has 0 unspecified atom stereocenters. The number of nitrogens with one attached hydrogen (secondary N) is 4. The van der Waals surface area contributed by atoms with Gasteiger partial charge in [-0.25, -0.2) is 19.6 Å². The van der Waals surface area contributed by atoms with E-state index in [4.69, 9.17) is 14.2 Å². The molecule has 1 aliphatic heterocycles. The van der Waals surface area contributed by atoms with Gasteiger partial charge in [-0.15, -0.1) is 6.58 Å². The number of H-pyrrole nitrogens is 2. The molecule has 1 aliphatic rings. The van der Waals surface area contributed by atoms with Crippen molar-refractivity contribution in [3.8, 4) is 28.3 Å². The Hall–Kier alpha value is -6.38. The molecule has 4 amide bonds. The highest BCUT2D eigenvalue weighted by molar-refractivity contribution is 6.14. The third-order valence-electron chi connectivity index (χ3n) is 10.5. The Labute approximate surface area is 343 Å². The number of alkyl carbamates (subject to hydrolysis) is 2. The largest absolute Gasteiger partial charge is 0.488 e. The average Bonchev–Trinajstić information content (AvgIpc) is 3.91. The molecule has 4 N–H and O–H groups in total. The minimum atomic E-state index is -0.760. The SMILES string of the molecule is C=CCCN(Cc1ncc(-c2cc3c4c(ccc5cc(-c6cnc(CN(CCC)C(=O)[C@@H](NC(=O)OC)C(C)C)[nH]6)cc(c54)OC3)c2)[nH]1)C(=O)[C@@H](NC(=O)OC)C(C)C. The van der Waals surface area contributed by atoms with E-state index in [0.29, 0.717) is 37.8 Å². The lowest BCUT2D eigenvalue weighted by atomic mass is 9.92. The van der Waals surface area contributed by atoms with Crippen LogP contribution in [0.25, 0.3) is 44.1 Å². The van der Waals surface area contributed by atoms with Crippen LogP contribution in [-0.4, -0.2) is 93.1 Å². The maximum absolute atomic E-state index is 13.7. The minimum Gasteiger partial charge on any atom is -0.488 e. The summed E-state index contributed by atoms with van der Waals surface area (Å²) in [5, 5.41) is 9.57. The number of benzene rings is 3. The first-order valence-corrected chi connectivity index (χ1v) is 20.0. The van der Waals surface area contributed by atoms with Gasteiger partial charge >= 0.3 is 12.2 Å². The Morgan fingerprint density at radius 1 is 0.797 bits per heavy atom. The zero-order valence-electron chi connectivity index (χ0n) is 34.8. The Bertz CT molecular complexity index is 2350. The third kappa shape index (κ3) is 9.35. The van der Waals surface area contributed by atoms with Gasteiger partial charge in [-0.05, 0) is 70.7 Å². The van der Waals surface area contributed by atoms with E-state index in [0.717, 1.165) is 61.8 Å². The summed E-state index contributed by atoms with van der Waals surface area (Å²) in [4.78, 5) is 70.7. The van der Waals surface area contributed by atoms with Gasteiger partial charge in [-0.2, -0.15) is 0 Å². The van der Waals surface area contributed by atoms with Gasteiger partial charge in [0.05, 0.1) is 51.1 Å². The maximum atomic E-state index is 13.7. The first-order valence-electron chi connectivity index (χ1n) is 20.0. The number of amides is 4. The van der Waals surface area contributed by atoms with E-state index in [2.05, 4.69) is 67.5 Å². The molecule has 2 atom stereocenters. The quantitative estimate of drug-likeness (QED) is 0.0564. The van der Waals surface area contributed by atoms with E-state index in [1.807, 2.05) is 40.7 Å². The van der Waals surface area contributed by atoms with Crippen LogP contribution in [0.15, 0.2) is 61.4 Å². The van der Waals surface area contributed by atoms with Crippen LogP contribution in [0.3, 0.4) is 0 Å². The second-order valence-corrected chi connectivity index (χ2v) is 15.5. The first kappa shape index (κ1) is 42.2. The van der Waals surface area contributed by atoms with Gasteiger partial charge in [0.25, 0.3) is 0 Å². The number of carbonyl (C=O) groups excluding carboxylic acids is 4. The van der Waals surface area contributed by atoms with Crippen molar-refractivity contribution in [1.29, 1.82) is 0 Å². The number of hydrogen-bond acceptors (Lipinski definition) is 9. The zero-order valence-corrected chi connectivity index (χ0v) is 34.8. The highest BCUT2D eigenvalue weighted by Gasteiger charge is 2.31. The van der Waals surface area contributed by atoms with E-state index < -0.39 is 24.3 Å². The van der Waals surface area contributed by atoms with E-state index in [1.165, 1.54) is 14.2 Å². The van der Waals surface area contributed by atoms with Gasteiger partial charge in [0.15, 0.2) is 0 Å². The van der Waals surface area contributed by atoms with Crippen molar-refractivity contribution in [3.63, 3.8) is 0 Å². The summed E-state index contributed by atoms with van der Waals surface area (Å²) in [6, 6.07) is 11.1. The van der Waals surface area contributed by atoms with Crippen LogP contribution < -0.4 is 15.4 Å². The Morgan fingerprint density at radius 2 is 1.31 bits per heavy atom. The zero-order chi connectivity index (χ0) is 42.4. The smallest absolute Gasteiger partial charge is 0.407 e. The van der Waals surface area contributed by atoms with Crippen LogP contribution in [0.1, 0.15) is 64.7 Å². The summed E-state index contributed by atoms with van der Waals surface area (Å²) in [6.45, 7) is 15.1. The molecule has 0 fully saturated rings. The lowest BCUT2D eigenvalue weighted by molar-refractivity contribution is -0.135. The number of aromatic amines is 2. The summed E-state index contributed by atoms with van der Waals surface area (Å²) in [5.41, 5.74) is 4.48. The fraction of sp³-hybridized carbons (Fsp3) is 0.409. The van der Waals surface area contributed by atoms with Gasteiger partial charge in [0, 0.05) is 29.6 Å². The number of carbonyl (C=O) groups is 4. The van der Waals surface area contributed by atoms with Crippen LogP contribution in [0, 0.1) is 11.8 Å². The molecule has 0 saturated carbocycles. The highest BCUT2D eigenvalue weighted by atomic mass is 16.5. The molecule has 0 bridgehead atoms. The summed E-state index contributed by atoms with van der Waals surface area (Å²) in [6.07, 6.45) is 5.30. The number of aromatic nitrogens is 4. The Kier molecular flexibility index (Phi) is 13.2. The fourth-order valence-corrected chi connectivity index (χ4v) is 7.46. The molecule has 3 aromatic carbocycles. The van der Waals surface area contributed by atoms with E-state index in [-0.39, 0.29) is 36.7 Å². The number of ether oxygens (including phenoxy) is 3.